The highest BCUT2D eigenvalue weighted by atomic mass is 16.6. The van der Waals surface area contributed by atoms with Gasteiger partial charge in [0.25, 0.3) is 0 Å². The molecule has 0 aliphatic heterocycles. The molecule has 0 spiro atoms. The first-order chi connectivity index (χ1) is 13.0. The average Bonchev–Trinajstić information content (AvgIpc) is 2.61. The number of rotatable bonds is 6. The Morgan fingerprint density at radius 2 is 1.78 bits per heavy atom. The molecule has 8 nitrogen and oxygen atoms in total. The first-order valence-electron chi connectivity index (χ1n) is 8.13. The van der Waals surface area contributed by atoms with Crippen molar-refractivity contribution in [1.82, 2.24) is 9.97 Å². The molecule has 0 aliphatic rings. The standard InChI is InChI=1S/C19H18N4O4/c1-12-7-13(2)9-16(8-12)27-19-17(23(24)25)18(20-11-21-19)22-14-5-4-6-15(10-14)26-3/h4-11H,1-3H3,(H,20,21,22). The third kappa shape index (κ3) is 4.30. The molecule has 3 aromatic rings. The summed E-state index contributed by atoms with van der Waals surface area (Å²) in [6.45, 7) is 3.84. The number of ether oxygens (including phenoxy) is 2. The van der Waals surface area contributed by atoms with Gasteiger partial charge in [0.1, 0.15) is 17.8 Å². The lowest BCUT2D eigenvalue weighted by Crippen LogP contribution is -2.03. The van der Waals surface area contributed by atoms with Gasteiger partial charge in [0.2, 0.25) is 5.82 Å². The minimum atomic E-state index is -0.569. The van der Waals surface area contributed by atoms with Crippen LogP contribution in [0.5, 0.6) is 17.4 Å². The Morgan fingerprint density at radius 3 is 2.44 bits per heavy atom. The van der Waals surface area contributed by atoms with E-state index in [-0.39, 0.29) is 17.4 Å². The molecule has 1 aromatic heterocycles. The summed E-state index contributed by atoms with van der Waals surface area (Å²) in [7, 11) is 1.54. The molecule has 138 valence electrons. The molecule has 27 heavy (non-hydrogen) atoms. The molecule has 0 aliphatic carbocycles. The molecule has 8 heteroatoms. The van der Waals surface area contributed by atoms with Crippen LogP contribution in [0.15, 0.2) is 48.8 Å². The third-order valence-corrected chi connectivity index (χ3v) is 3.71. The van der Waals surface area contributed by atoms with Crippen LogP contribution in [0, 0.1) is 24.0 Å². The average molecular weight is 366 g/mol. The first-order valence-corrected chi connectivity index (χ1v) is 8.13. The summed E-state index contributed by atoms with van der Waals surface area (Å²) >= 11 is 0. The van der Waals surface area contributed by atoms with Crippen LogP contribution in [0.2, 0.25) is 0 Å². The van der Waals surface area contributed by atoms with Gasteiger partial charge < -0.3 is 14.8 Å². The van der Waals surface area contributed by atoms with Gasteiger partial charge in [-0.25, -0.2) is 4.98 Å². The fourth-order valence-electron chi connectivity index (χ4n) is 2.63. The summed E-state index contributed by atoms with van der Waals surface area (Å²) in [5, 5.41) is 14.6. The maximum Gasteiger partial charge on any atom is 0.373 e. The Bertz CT molecular complexity index is 971. The van der Waals surface area contributed by atoms with Crippen LogP contribution in [0.1, 0.15) is 11.1 Å². The van der Waals surface area contributed by atoms with E-state index in [0.717, 1.165) is 11.1 Å². The molecule has 0 amide bonds. The second kappa shape index (κ2) is 7.69. The van der Waals surface area contributed by atoms with Gasteiger partial charge >= 0.3 is 11.6 Å². The molecule has 1 N–H and O–H groups in total. The Labute approximate surface area is 156 Å². The molecule has 0 atom stereocenters. The number of methoxy groups -OCH3 is 1. The number of hydrogen-bond acceptors (Lipinski definition) is 7. The molecule has 0 radical (unpaired) electrons. The van der Waals surface area contributed by atoms with Crippen molar-refractivity contribution >= 4 is 17.2 Å². The molecule has 2 aromatic carbocycles. The van der Waals surface area contributed by atoms with Crippen LogP contribution in [-0.4, -0.2) is 22.0 Å². The van der Waals surface area contributed by atoms with Crippen molar-refractivity contribution in [1.29, 1.82) is 0 Å². The summed E-state index contributed by atoms with van der Waals surface area (Å²) in [6.07, 6.45) is 1.22. The zero-order valence-corrected chi connectivity index (χ0v) is 15.1. The van der Waals surface area contributed by atoms with Gasteiger partial charge in [-0.05, 0) is 49.2 Å². The molecule has 0 unspecified atom stereocenters. The van der Waals surface area contributed by atoms with Crippen molar-refractivity contribution in [2.75, 3.05) is 12.4 Å². The van der Waals surface area contributed by atoms with Crippen LogP contribution >= 0.6 is 0 Å². The zero-order valence-electron chi connectivity index (χ0n) is 15.1. The third-order valence-electron chi connectivity index (χ3n) is 3.71. The van der Waals surface area contributed by atoms with Gasteiger partial charge in [0.15, 0.2) is 0 Å². The summed E-state index contributed by atoms with van der Waals surface area (Å²) in [5.74, 6) is 0.984. The number of nitrogens with one attached hydrogen (secondary N) is 1. The molecular formula is C19H18N4O4. The van der Waals surface area contributed by atoms with Gasteiger partial charge in [-0.15, -0.1) is 0 Å². The Kier molecular flexibility index (Phi) is 5.16. The summed E-state index contributed by atoms with van der Waals surface area (Å²) in [5.41, 5.74) is 2.21. The fraction of sp³-hybridized carbons (Fsp3) is 0.158. The minimum absolute atomic E-state index is 0.0302. The van der Waals surface area contributed by atoms with Crippen molar-refractivity contribution in [2.24, 2.45) is 0 Å². The number of aromatic nitrogens is 2. The fourth-order valence-corrected chi connectivity index (χ4v) is 2.63. The van der Waals surface area contributed by atoms with E-state index < -0.39 is 4.92 Å². The number of nitro groups is 1. The van der Waals surface area contributed by atoms with Crippen molar-refractivity contribution in [3.05, 3.63) is 70.0 Å². The van der Waals surface area contributed by atoms with E-state index in [9.17, 15) is 10.1 Å². The number of nitrogens with zero attached hydrogens (tertiary/aromatic N) is 3. The molecule has 0 saturated heterocycles. The lowest BCUT2D eigenvalue weighted by molar-refractivity contribution is -0.385. The number of hydrogen-bond donors (Lipinski definition) is 1. The predicted molar refractivity (Wildman–Crippen MR) is 101 cm³/mol. The van der Waals surface area contributed by atoms with E-state index >= 15 is 0 Å². The van der Waals surface area contributed by atoms with Crippen molar-refractivity contribution in [2.45, 2.75) is 13.8 Å². The van der Waals surface area contributed by atoms with E-state index in [1.54, 1.807) is 43.5 Å². The largest absolute Gasteiger partial charge is 0.497 e. The molecular weight excluding hydrogens is 348 g/mol. The van der Waals surface area contributed by atoms with Crippen LogP contribution in [-0.2, 0) is 0 Å². The summed E-state index contributed by atoms with van der Waals surface area (Å²) < 4.78 is 10.9. The predicted octanol–water partition coefficient (Wildman–Crippen LogP) is 4.55. The first kappa shape index (κ1) is 18.1. The van der Waals surface area contributed by atoms with E-state index in [1.807, 2.05) is 19.9 Å². The van der Waals surface area contributed by atoms with E-state index in [4.69, 9.17) is 9.47 Å². The quantitative estimate of drug-likeness (QED) is 0.505. The molecule has 0 saturated carbocycles. The second-order valence-corrected chi connectivity index (χ2v) is 5.92. The SMILES string of the molecule is COc1cccc(Nc2ncnc(Oc3cc(C)cc(C)c3)c2[N+](=O)[O-])c1. The highest BCUT2D eigenvalue weighted by Crippen LogP contribution is 2.36. The lowest BCUT2D eigenvalue weighted by Gasteiger charge is -2.11. The highest BCUT2D eigenvalue weighted by molar-refractivity contribution is 5.69. The van der Waals surface area contributed by atoms with Crippen LogP contribution in [0.25, 0.3) is 0 Å². The maximum absolute atomic E-state index is 11.7. The van der Waals surface area contributed by atoms with Crippen molar-refractivity contribution in [3.63, 3.8) is 0 Å². The molecule has 0 bridgehead atoms. The van der Waals surface area contributed by atoms with Crippen LogP contribution in [0.3, 0.4) is 0 Å². The second-order valence-electron chi connectivity index (χ2n) is 5.92. The molecule has 0 fully saturated rings. The normalized spacial score (nSPS) is 10.3. The van der Waals surface area contributed by atoms with E-state index in [1.165, 1.54) is 6.33 Å². The topological polar surface area (TPSA) is 99.4 Å². The van der Waals surface area contributed by atoms with Crippen molar-refractivity contribution in [3.8, 4) is 17.4 Å². The van der Waals surface area contributed by atoms with Gasteiger partial charge in [-0.3, -0.25) is 10.1 Å². The molecule has 1 heterocycles. The maximum atomic E-state index is 11.7. The smallest absolute Gasteiger partial charge is 0.373 e. The lowest BCUT2D eigenvalue weighted by atomic mass is 10.1. The number of benzene rings is 2. The Hall–Kier alpha value is -3.68. The highest BCUT2D eigenvalue weighted by Gasteiger charge is 2.25. The van der Waals surface area contributed by atoms with E-state index in [2.05, 4.69) is 15.3 Å². The zero-order chi connectivity index (χ0) is 19.4. The number of aryl methyl sites for hydroxylation is 2. The number of anilines is 2. The Morgan fingerprint density at radius 1 is 1.04 bits per heavy atom. The van der Waals surface area contributed by atoms with Crippen molar-refractivity contribution < 1.29 is 14.4 Å². The molecule has 3 rings (SSSR count). The Balaban J connectivity index is 1.98. The van der Waals surface area contributed by atoms with Crippen LogP contribution < -0.4 is 14.8 Å². The summed E-state index contributed by atoms with van der Waals surface area (Å²) in [6, 6.07) is 12.5. The van der Waals surface area contributed by atoms with E-state index in [0.29, 0.717) is 17.2 Å². The van der Waals surface area contributed by atoms with Gasteiger partial charge in [0.05, 0.1) is 12.0 Å². The minimum Gasteiger partial charge on any atom is -0.497 e. The summed E-state index contributed by atoms with van der Waals surface area (Å²) in [4.78, 5) is 19.0. The monoisotopic (exact) mass is 366 g/mol. The van der Waals surface area contributed by atoms with Gasteiger partial charge in [0, 0.05) is 11.8 Å². The van der Waals surface area contributed by atoms with Gasteiger partial charge in [-0.2, -0.15) is 4.98 Å². The van der Waals surface area contributed by atoms with Crippen LogP contribution in [0.4, 0.5) is 17.2 Å². The van der Waals surface area contributed by atoms with Gasteiger partial charge in [-0.1, -0.05) is 12.1 Å².